The third kappa shape index (κ3) is 3.06. The van der Waals surface area contributed by atoms with Crippen LogP contribution in [0.5, 0.6) is 5.75 Å². The highest BCUT2D eigenvalue weighted by Crippen LogP contribution is 2.31. The number of ether oxygens (including phenoxy) is 1. The number of rotatable bonds is 3. The van der Waals surface area contributed by atoms with Crippen LogP contribution in [0.2, 0.25) is 0 Å². The molecule has 0 saturated carbocycles. The van der Waals surface area contributed by atoms with E-state index in [1.807, 2.05) is 11.8 Å². The number of methoxy groups -OCH3 is 1. The largest absolute Gasteiger partial charge is 0.494 e. The molecule has 1 aromatic rings. The molecule has 17 heavy (non-hydrogen) atoms. The van der Waals surface area contributed by atoms with Gasteiger partial charge < -0.3 is 10.1 Å². The molecule has 0 amide bonds. The average Bonchev–Trinajstić information content (AvgIpc) is 2.34. The molecule has 1 saturated heterocycles. The van der Waals surface area contributed by atoms with E-state index in [9.17, 15) is 4.39 Å². The molecule has 94 valence electrons. The van der Waals surface area contributed by atoms with Crippen LogP contribution in [0, 0.1) is 5.82 Å². The molecule has 0 radical (unpaired) electrons. The Bertz CT molecular complexity index is 386. The van der Waals surface area contributed by atoms with E-state index in [-0.39, 0.29) is 5.82 Å². The van der Waals surface area contributed by atoms with E-state index in [4.69, 9.17) is 4.74 Å². The molecule has 0 bridgehead atoms. The van der Waals surface area contributed by atoms with Crippen molar-refractivity contribution in [1.29, 1.82) is 0 Å². The van der Waals surface area contributed by atoms with Gasteiger partial charge in [0.05, 0.1) is 12.8 Å². The van der Waals surface area contributed by atoms with Crippen LogP contribution in [0.1, 0.15) is 19.8 Å². The van der Waals surface area contributed by atoms with Gasteiger partial charge in [-0.1, -0.05) is 6.92 Å². The van der Waals surface area contributed by atoms with Gasteiger partial charge in [0.25, 0.3) is 0 Å². The quantitative estimate of drug-likeness (QED) is 0.892. The fourth-order valence-electron chi connectivity index (χ4n) is 2.10. The molecule has 1 N–H and O–H groups in total. The highest BCUT2D eigenvalue weighted by atomic mass is 32.2. The number of thioether (sulfide) groups is 1. The van der Waals surface area contributed by atoms with Gasteiger partial charge in [0.15, 0.2) is 0 Å². The third-order valence-corrected chi connectivity index (χ3v) is 4.49. The molecule has 1 heterocycles. The molecule has 1 aliphatic rings. The maximum absolute atomic E-state index is 13.1. The number of hydrogen-bond acceptors (Lipinski definition) is 3. The summed E-state index contributed by atoms with van der Waals surface area (Å²) in [5.74, 6) is 1.55. The Balaban J connectivity index is 2.11. The summed E-state index contributed by atoms with van der Waals surface area (Å²) in [6.45, 7) is 2.23. The Hall–Kier alpha value is -0.900. The second-order valence-corrected chi connectivity index (χ2v) is 5.80. The first-order valence-electron chi connectivity index (χ1n) is 5.92. The summed E-state index contributed by atoms with van der Waals surface area (Å²) in [7, 11) is 1.57. The molecular formula is C13H18FNOS. The van der Waals surface area contributed by atoms with Gasteiger partial charge >= 0.3 is 0 Å². The Kier molecular flexibility index (Phi) is 4.15. The summed E-state index contributed by atoms with van der Waals surface area (Å²) in [6.07, 6.45) is 2.39. The normalized spacial score (nSPS) is 24.4. The average molecular weight is 255 g/mol. The Morgan fingerprint density at radius 2 is 2.29 bits per heavy atom. The standard InChI is InChI=1S/C13H18FNOS/c1-9-11(4-3-7-17-9)15-12-6-5-10(14)8-13(12)16-2/h5-6,8-9,11,15H,3-4,7H2,1-2H3. The smallest absolute Gasteiger partial charge is 0.144 e. The van der Waals surface area contributed by atoms with E-state index in [1.165, 1.54) is 24.3 Å². The van der Waals surface area contributed by atoms with Crippen LogP contribution < -0.4 is 10.1 Å². The van der Waals surface area contributed by atoms with Crippen molar-refractivity contribution in [1.82, 2.24) is 0 Å². The lowest BCUT2D eigenvalue weighted by Gasteiger charge is -2.30. The number of hydrogen-bond donors (Lipinski definition) is 1. The van der Waals surface area contributed by atoms with Crippen molar-refractivity contribution in [3.63, 3.8) is 0 Å². The molecule has 1 fully saturated rings. The molecule has 0 spiro atoms. The lowest BCUT2D eigenvalue weighted by Crippen LogP contribution is -2.32. The summed E-state index contributed by atoms with van der Waals surface area (Å²) < 4.78 is 18.3. The predicted octanol–water partition coefficient (Wildman–Crippen LogP) is 3.53. The molecule has 2 unspecified atom stereocenters. The van der Waals surface area contributed by atoms with Crippen molar-refractivity contribution in [2.75, 3.05) is 18.2 Å². The van der Waals surface area contributed by atoms with Gasteiger partial charge in [-0.25, -0.2) is 4.39 Å². The second kappa shape index (κ2) is 5.63. The summed E-state index contributed by atoms with van der Waals surface area (Å²) in [5, 5.41) is 4.05. The monoisotopic (exact) mass is 255 g/mol. The fraction of sp³-hybridized carbons (Fsp3) is 0.538. The lowest BCUT2D eigenvalue weighted by atomic mass is 10.1. The van der Waals surface area contributed by atoms with Gasteiger partial charge in [0, 0.05) is 17.4 Å². The minimum absolute atomic E-state index is 0.265. The SMILES string of the molecule is COc1cc(F)ccc1NC1CCCSC1C. The zero-order valence-electron chi connectivity index (χ0n) is 10.2. The van der Waals surface area contributed by atoms with Crippen molar-refractivity contribution in [3.05, 3.63) is 24.0 Å². The molecule has 0 aromatic heterocycles. The maximum Gasteiger partial charge on any atom is 0.144 e. The van der Waals surface area contributed by atoms with Crippen molar-refractivity contribution in [3.8, 4) is 5.75 Å². The van der Waals surface area contributed by atoms with Crippen LogP contribution >= 0.6 is 11.8 Å². The van der Waals surface area contributed by atoms with Crippen molar-refractivity contribution in [2.45, 2.75) is 31.1 Å². The van der Waals surface area contributed by atoms with Crippen LogP contribution in [0.4, 0.5) is 10.1 Å². The first kappa shape index (κ1) is 12.6. The maximum atomic E-state index is 13.1. The molecule has 1 aliphatic heterocycles. The Labute approximate surface area is 106 Å². The van der Waals surface area contributed by atoms with Gasteiger partial charge in [-0.3, -0.25) is 0 Å². The minimum Gasteiger partial charge on any atom is -0.494 e. The predicted molar refractivity (Wildman–Crippen MR) is 71.5 cm³/mol. The van der Waals surface area contributed by atoms with Gasteiger partial charge in [-0.2, -0.15) is 11.8 Å². The lowest BCUT2D eigenvalue weighted by molar-refractivity contribution is 0.412. The third-order valence-electron chi connectivity index (χ3n) is 3.11. The topological polar surface area (TPSA) is 21.3 Å². The summed E-state index contributed by atoms with van der Waals surface area (Å²) >= 11 is 1.98. The number of nitrogens with one attached hydrogen (secondary N) is 1. The van der Waals surface area contributed by atoms with Crippen LogP contribution in [0.3, 0.4) is 0 Å². The molecular weight excluding hydrogens is 237 g/mol. The first-order valence-corrected chi connectivity index (χ1v) is 6.97. The zero-order valence-corrected chi connectivity index (χ0v) is 11.0. The second-order valence-electron chi connectivity index (χ2n) is 4.31. The number of benzene rings is 1. The molecule has 2 atom stereocenters. The summed E-state index contributed by atoms with van der Waals surface area (Å²) in [6, 6.07) is 5.07. The van der Waals surface area contributed by atoms with Crippen molar-refractivity contribution >= 4 is 17.4 Å². The number of halogens is 1. The van der Waals surface area contributed by atoms with E-state index in [0.29, 0.717) is 17.0 Å². The van der Waals surface area contributed by atoms with Gasteiger partial charge in [-0.15, -0.1) is 0 Å². The molecule has 2 nitrogen and oxygen atoms in total. The Morgan fingerprint density at radius 3 is 3.00 bits per heavy atom. The highest BCUT2D eigenvalue weighted by Gasteiger charge is 2.22. The van der Waals surface area contributed by atoms with Crippen molar-refractivity contribution < 1.29 is 9.13 Å². The molecule has 0 aliphatic carbocycles. The summed E-state index contributed by atoms with van der Waals surface area (Å²) in [5.41, 5.74) is 0.883. The fourth-order valence-corrected chi connectivity index (χ4v) is 3.24. The molecule has 4 heteroatoms. The van der Waals surface area contributed by atoms with Crippen LogP contribution in [0.25, 0.3) is 0 Å². The van der Waals surface area contributed by atoms with Crippen LogP contribution in [0.15, 0.2) is 18.2 Å². The van der Waals surface area contributed by atoms with Crippen LogP contribution in [-0.4, -0.2) is 24.2 Å². The van der Waals surface area contributed by atoms with Crippen molar-refractivity contribution in [2.24, 2.45) is 0 Å². The zero-order chi connectivity index (χ0) is 12.3. The van der Waals surface area contributed by atoms with Gasteiger partial charge in [0.2, 0.25) is 0 Å². The first-order chi connectivity index (χ1) is 8.20. The highest BCUT2D eigenvalue weighted by molar-refractivity contribution is 8.00. The van der Waals surface area contributed by atoms with E-state index in [0.717, 1.165) is 12.1 Å². The van der Waals surface area contributed by atoms with Crippen LogP contribution in [-0.2, 0) is 0 Å². The van der Waals surface area contributed by atoms with E-state index in [2.05, 4.69) is 12.2 Å². The van der Waals surface area contributed by atoms with Gasteiger partial charge in [-0.05, 0) is 30.7 Å². The van der Waals surface area contributed by atoms with E-state index in [1.54, 1.807) is 13.2 Å². The molecule has 1 aromatic carbocycles. The van der Waals surface area contributed by atoms with E-state index < -0.39 is 0 Å². The minimum atomic E-state index is -0.265. The van der Waals surface area contributed by atoms with E-state index >= 15 is 0 Å². The Morgan fingerprint density at radius 1 is 1.47 bits per heavy atom. The van der Waals surface area contributed by atoms with Gasteiger partial charge in [0.1, 0.15) is 11.6 Å². The molecule has 2 rings (SSSR count). The summed E-state index contributed by atoms with van der Waals surface area (Å²) in [4.78, 5) is 0. The number of anilines is 1.